The lowest BCUT2D eigenvalue weighted by molar-refractivity contribution is -0.142. The molecule has 0 bridgehead atoms. The van der Waals surface area contributed by atoms with Crippen LogP contribution in [0.5, 0.6) is 0 Å². The number of rotatable bonds is 12. The third-order valence-electron chi connectivity index (χ3n) is 5.08. The molecular formula is C20H38N4O5. The number of hydrogen-bond donors (Lipinski definition) is 5. The highest BCUT2D eigenvalue weighted by molar-refractivity contribution is 5.94. The van der Waals surface area contributed by atoms with E-state index < -0.39 is 47.9 Å². The first-order valence-corrected chi connectivity index (χ1v) is 10.3. The Labute approximate surface area is 173 Å². The molecule has 168 valence electrons. The quantitative estimate of drug-likeness (QED) is 0.316. The molecule has 0 aliphatic heterocycles. The average molecular weight is 415 g/mol. The fourth-order valence-electron chi connectivity index (χ4n) is 2.63. The maximum Gasteiger partial charge on any atom is 0.326 e. The number of nitrogens with two attached hydrogens (primary N) is 1. The second-order valence-corrected chi connectivity index (χ2v) is 8.18. The molecule has 0 spiro atoms. The highest BCUT2D eigenvalue weighted by Gasteiger charge is 2.33. The van der Waals surface area contributed by atoms with E-state index in [0.717, 1.165) is 0 Å². The fourth-order valence-corrected chi connectivity index (χ4v) is 2.63. The summed E-state index contributed by atoms with van der Waals surface area (Å²) >= 11 is 0. The zero-order chi connectivity index (χ0) is 22.9. The topological polar surface area (TPSA) is 151 Å². The van der Waals surface area contributed by atoms with Crippen LogP contribution in [0.15, 0.2) is 0 Å². The zero-order valence-corrected chi connectivity index (χ0v) is 18.6. The summed E-state index contributed by atoms with van der Waals surface area (Å²) in [6.07, 6.45) is 0.819. The average Bonchev–Trinajstić information content (AvgIpc) is 2.65. The molecule has 5 atom stereocenters. The molecule has 0 saturated heterocycles. The van der Waals surface area contributed by atoms with Crippen molar-refractivity contribution in [2.24, 2.45) is 23.5 Å². The Hall–Kier alpha value is -2.16. The molecule has 0 rings (SSSR count). The largest absolute Gasteiger partial charge is 0.480 e. The minimum Gasteiger partial charge on any atom is -0.480 e. The van der Waals surface area contributed by atoms with Crippen molar-refractivity contribution < 1.29 is 24.3 Å². The van der Waals surface area contributed by atoms with E-state index >= 15 is 0 Å². The van der Waals surface area contributed by atoms with Crippen molar-refractivity contribution in [1.29, 1.82) is 0 Å². The number of aliphatic carboxylic acids is 1. The van der Waals surface area contributed by atoms with Crippen LogP contribution < -0.4 is 21.7 Å². The monoisotopic (exact) mass is 414 g/mol. The predicted molar refractivity (Wildman–Crippen MR) is 111 cm³/mol. The Morgan fingerprint density at radius 3 is 1.62 bits per heavy atom. The van der Waals surface area contributed by atoms with Crippen LogP contribution in [0.1, 0.15) is 61.3 Å². The van der Waals surface area contributed by atoms with Crippen molar-refractivity contribution in [1.82, 2.24) is 16.0 Å². The van der Waals surface area contributed by atoms with E-state index in [0.29, 0.717) is 6.42 Å². The minimum absolute atomic E-state index is 0.0912. The van der Waals surface area contributed by atoms with Crippen molar-refractivity contribution in [2.45, 2.75) is 85.5 Å². The van der Waals surface area contributed by atoms with E-state index in [4.69, 9.17) is 5.73 Å². The van der Waals surface area contributed by atoms with Crippen molar-refractivity contribution in [3.8, 4) is 0 Å². The van der Waals surface area contributed by atoms with Gasteiger partial charge < -0.3 is 26.8 Å². The lowest BCUT2D eigenvalue weighted by Crippen LogP contribution is -2.60. The van der Waals surface area contributed by atoms with Gasteiger partial charge in [-0.3, -0.25) is 14.4 Å². The summed E-state index contributed by atoms with van der Waals surface area (Å²) < 4.78 is 0. The molecule has 6 N–H and O–H groups in total. The van der Waals surface area contributed by atoms with Gasteiger partial charge >= 0.3 is 5.97 Å². The standard InChI is InChI=1S/C20H38N4O5/c1-8-12(7)16(19(27)22-13(9-2)20(28)29)24-18(26)15(11(5)6)23-17(25)14(21)10(3)4/h10-16H,8-9,21H2,1-7H3,(H,22,27)(H,23,25)(H,24,26)(H,28,29)/t12-,13-,14-,15-,16-/m0/s1. The van der Waals surface area contributed by atoms with Gasteiger partial charge in [-0.1, -0.05) is 54.9 Å². The molecule has 0 unspecified atom stereocenters. The summed E-state index contributed by atoms with van der Waals surface area (Å²) in [6, 6.07) is -3.57. The van der Waals surface area contributed by atoms with E-state index in [1.807, 2.05) is 20.8 Å². The minimum atomic E-state index is -1.13. The molecule has 0 aromatic heterocycles. The van der Waals surface area contributed by atoms with Gasteiger partial charge in [0.1, 0.15) is 18.1 Å². The highest BCUT2D eigenvalue weighted by atomic mass is 16.4. The van der Waals surface area contributed by atoms with Crippen LogP contribution in [0.2, 0.25) is 0 Å². The van der Waals surface area contributed by atoms with Crippen LogP contribution in [0.3, 0.4) is 0 Å². The van der Waals surface area contributed by atoms with E-state index in [1.165, 1.54) is 0 Å². The van der Waals surface area contributed by atoms with E-state index in [9.17, 15) is 24.3 Å². The van der Waals surface area contributed by atoms with E-state index in [-0.39, 0.29) is 24.2 Å². The molecule has 0 heterocycles. The number of amides is 3. The first-order valence-electron chi connectivity index (χ1n) is 10.3. The van der Waals surface area contributed by atoms with Crippen molar-refractivity contribution in [3.05, 3.63) is 0 Å². The van der Waals surface area contributed by atoms with E-state index in [2.05, 4.69) is 16.0 Å². The van der Waals surface area contributed by atoms with Gasteiger partial charge in [-0.25, -0.2) is 4.79 Å². The molecule has 0 aliphatic rings. The summed E-state index contributed by atoms with van der Waals surface area (Å²) in [4.78, 5) is 49.1. The molecule has 29 heavy (non-hydrogen) atoms. The number of carboxylic acid groups (broad SMARTS) is 1. The van der Waals surface area contributed by atoms with Gasteiger partial charge in [0.15, 0.2) is 0 Å². The first kappa shape index (κ1) is 26.8. The van der Waals surface area contributed by atoms with Gasteiger partial charge in [0.25, 0.3) is 0 Å². The molecule has 0 radical (unpaired) electrons. The van der Waals surface area contributed by atoms with Crippen LogP contribution in [0.4, 0.5) is 0 Å². The Kier molecular flexibility index (Phi) is 11.5. The molecule has 3 amide bonds. The molecular weight excluding hydrogens is 376 g/mol. The summed E-state index contributed by atoms with van der Waals surface area (Å²) in [7, 11) is 0. The number of hydrogen-bond acceptors (Lipinski definition) is 5. The molecule has 0 aromatic carbocycles. The second kappa shape index (κ2) is 12.4. The Morgan fingerprint density at radius 2 is 1.24 bits per heavy atom. The maximum atomic E-state index is 12.9. The summed E-state index contributed by atoms with van der Waals surface area (Å²) in [6.45, 7) is 12.5. The third-order valence-corrected chi connectivity index (χ3v) is 5.08. The highest BCUT2D eigenvalue weighted by Crippen LogP contribution is 2.11. The van der Waals surface area contributed by atoms with Crippen LogP contribution in [-0.4, -0.2) is 53.0 Å². The fraction of sp³-hybridized carbons (Fsp3) is 0.800. The Balaban J connectivity index is 5.42. The molecule has 9 nitrogen and oxygen atoms in total. The number of carbonyl (C=O) groups is 4. The van der Waals surface area contributed by atoms with E-state index in [1.54, 1.807) is 27.7 Å². The SMILES string of the molecule is CC[C@H](NC(=O)[C@@H](NC(=O)[C@@H](NC(=O)[C@@H](N)C(C)C)C(C)C)[C@@H](C)CC)C(=O)O. The van der Waals surface area contributed by atoms with Crippen molar-refractivity contribution >= 4 is 23.7 Å². The Bertz CT molecular complexity index is 579. The van der Waals surface area contributed by atoms with Crippen LogP contribution in [0.25, 0.3) is 0 Å². The lowest BCUT2D eigenvalue weighted by atomic mass is 9.95. The number of nitrogens with one attached hydrogen (secondary N) is 3. The predicted octanol–water partition coefficient (Wildman–Crippen LogP) is 0.621. The molecule has 0 aliphatic carbocycles. The van der Waals surface area contributed by atoms with Gasteiger partial charge in [0.2, 0.25) is 17.7 Å². The van der Waals surface area contributed by atoms with Crippen LogP contribution in [-0.2, 0) is 19.2 Å². The van der Waals surface area contributed by atoms with Crippen molar-refractivity contribution in [3.63, 3.8) is 0 Å². The maximum absolute atomic E-state index is 12.9. The van der Waals surface area contributed by atoms with Crippen LogP contribution >= 0.6 is 0 Å². The molecule has 0 saturated carbocycles. The number of carbonyl (C=O) groups excluding carboxylic acids is 3. The van der Waals surface area contributed by atoms with Crippen molar-refractivity contribution in [2.75, 3.05) is 0 Å². The zero-order valence-electron chi connectivity index (χ0n) is 18.6. The number of carboxylic acids is 1. The summed E-state index contributed by atoms with van der Waals surface area (Å²) in [5.74, 6) is -3.19. The summed E-state index contributed by atoms with van der Waals surface area (Å²) in [5, 5.41) is 17.0. The van der Waals surface area contributed by atoms with Gasteiger partial charge in [-0.05, 0) is 24.2 Å². The molecule has 0 fully saturated rings. The van der Waals surface area contributed by atoms with Gasteiger partial charge in [0.05, 0.1) is 6.04 Å². The smallest absolute Gasteiger partial charge is 0.326 e. The van der Waals surface area contributed by atoms with Gasteiger partial charge in [0, 0.05) is 0 Å². The van der Waals surface area contributed by atoms with Gasteiger partial charge in [-0.15, -0.1) is 0 Å². The lowest BCUT2D eigenvalue weighted by Gasteiger charge is -2.29. The Morgan fingerprint density at radius 1 is 0.759 bits per heavy atom. The van der Waals surface area contributed by atoms with Gasteiger partial charge in [-0.2, -0.15) is 0 Å². The van der Waals surface area contributed by atoms with Crippen LogP contribution in [0, 0.1) is 17.8 Å². The normalized spacial score (nSPS) is 16.5. The second-order valence-electron chi connectivity index (χ2n) is 8.18. The molecule has 0 aromatic rings. The summed E-state index contributed by atoms with van der Waals surface area (Å²) in [5.41, 5.74) is 5.86. The third kappa shape index (κ3) is 8.39. The molecule has 9 heteroatoms. The first-order chi connectivity index (χ1) is 13.4.